The van der Waals surface area contributed by atoms with Gasteiger partial charge in [0.2, 0.25) is 21.8 Å². The number of hydrogen-bond donors (Lipinski definition) is 1. The van der Waals surface area contributed by atoms with Gasteiger partial charge in [0.15, 0.2) is 18.2 Å². The van der Waals surface area contributed by atoms with Crippen LogP contribution >= 0.6 is 0 Å². The zero-order valence-corrected chi connectivity index (χ0v) is 46.1. The number of carbonyl (C=O) groups is 1. The van der Waals surface area contributed by atoms with Crippen LogP contribution in [-0.2, 0) is 55.2 Å². The van der Waals surface area contributed by atoms with Gasteiger partial charge in [0.25, 0.3) is 0 Å². The predicted molar refractivity (Wildman–Crippen MR) is 280 cm³/mol. The molecule has 1 aliphatic rings. The van der Waals surface area contributed by atoms with Crippen LogP contribution < -0.4 is 24.4 Å². The summed E-state index contributed by atoms with van der Waals surface area (Å²) >= 11 is 0. The molecule has 0 unspecified atom stereocenters. The molecular formula is C51H67N9O10S2Si. The van der Waals surface area contributed by atoms with Crippen LogP contribution in [0.2, 0.25) is 18.1 Å². The van der Waals surface area contributed by atoms with E-state index < -0.39 is 61.5 Å². The smallest absolute Gasteiger partial charge is 0.407 e. The first kappa shape index (κ1) is 54.4. The summed E-state index contributed by atoms with van der Waals surface area (Å²) in [6, 6.07) is 24.1. The van der Waals surface area contributed by atoms with Gasteiger partial charge in [-0.15, -0.1) is 10.2 Å². The Morgan fingerprint density at radius 1 is 0.781 bits per heavy atom. The Bertz CT molecular complexity index is 3030. The van der Waals surface area contributed by atoms with E-state index in [0.29, 0.717) is 59.5 Å². The van der Waals surface area contributed by atoms with Gasteiger partial charge in [-0.25, -0.2) is 26.6 Å². The summed E-state index contributed by atoms with van der Waals surface area (Å²) in [5.41, 5.74) is 1.35. The molecule has 0 bridgehead atoms. The number of rotatable bonds is 20. The minimum absolute atomic E-state index is 0.0956. The minimum atomic E-state index is -4.96. The summed E-state index contributed by atoms with van der Waals surface area (Å²) in [4.78, 5) is 19.9. The molecule has 4 aromatic carbocycles. The third kappa shape index (κ3) is 13.1. The summed E-state index contributed by atoms with van der Waals surface area (Å²) in [6.07, 6.45) is 2.23. The molecule has 1 atom stereocenters. The van der Waals surface area contributed by atoms with Gasteiger partial charge in [-0.2, -0.15) is 9.10 Å². The number of sulfonamides is 1. The van der Waals surface area contributed by atoms with Crippen molar-refractivity contribution in [3.63, 3.8) is 0 Å². The molecule has 6 aromatic rings. The fraction of sp³-hybridized carbons (Fsp3) is 0.431. The summed E-state index contributed by atoms with van der Waals surface area (Å²) < 4.78 is 96.0. The summed E-state index contributed by atoms with van der Waals surface area (Å²) in [7, 11) is -7.79. The largest absolute Gasteiger partial charge is 0.497 e. The molecule has 0 saturated carbocycles. The Labute approximate surface area is 429 Å². The maximum absolute atomic E-state index is 16.4. The fourth-order valence-electron chi connectivity index (χ4n) is 8.05. The molecule has 22 heteroatoms. The molecule has 0 radical (unpaired) electrons. The molecule has 1 amide bonds. The van der Waals surface area contributed by atoms with Crippen molar-refractivity contribution in [3.8, 4) is 28.6 Å². The van der Waals surface area contributed by atoms with E-state index in [1.54, 1.807) is 101 Å². The summed E-state index contributed by atoms with van der Waals surface area (Å²) in [5, 5.41) is 16.1. The van der Waals surface area contributed by atoms with Crippen LogP contribution in [0.1, 0.15) is 64.7 Å². The molecule has 0 spiro atoms. The molecular weight excluding hydrogens is 991 g/mol. The zero-order valence-electron chi connectivity index (χ0n) is 43.4. The van der Waals surface area contributed by atoms with E-state index >= 15 is 16.8 Å². The molecule has 19 nitrogen and oxygen atoms in total. The number of fused-ring (bicyclic) bond motifs is 1. The normalized spacial score (nSPS) is 13.9. The van der Waals surface area contributed by atoms with Gasteiger partial charge >= 0.3 is 6.09 Å². The van der Waals surface area contributed by atoms with Gasteiger partial charge in [-0.05, 0) is 116 Å². The average Bonchev–Trinajstić information content (AvgIpc) is 4.02. The molecule has 0 aliphatic carbocycles. The van der Waals surface area contributed by atoms with E-state index in [2.05, 4.69) is 20.6 Å². The monoisotopic (exact) mass is 1060 g/mol. The number of carbonyl (C=O) groups excluding carboxylic acids is 1. The van der Waals surface area contributed by atoms with Crippen LogP contribution in [0.15, 0.2) is 107 Å². The first-order chi connectivity index (χ1) is 34.4. The number of tetrazole rings is 1. The second kappa shape index (κ2) is 22.0. The highest BCUT2D eigenvalue weighted by atomic mass is 32.2. The van der Waals surface area contributed by atoms with E-state index in [1.807, 2.05) is 61.7 Å². The lowest BCUT2D eigenvalue weighted by molar-refractivity contribution is 0.0502. The number of aryl methyl sites for hydroxylation is 1. The molecule has 73 heavy (non-hydrogen) atoms. The van der Waals surface area contributed by atoms with Crippen molar-refractivity contribution in [3.05, 3.63) is 114 Å². The number of sulfone groups is 1. The summed E-state index contributed by atoms with van der Waals surface area (Å²) in [5.74, 6) is 1.44. The van der Waals surface area contributed by atoms with Crippen LogP contribution in [0.3, 0.4) is 0 Å². The van der Waals surface area contributed by atoms with Crippen molar-refractivity contribution in [2.45, 2.75) is 114 Å². The van der Waals surface area contributed by atoms with Crippen molar-refractivity contribution in [1.29, 1.82) is 0 Å². The molecule has 7 rings (SSSR count). The van der Waals surface area contributed by atoms with E-state index in [9.17, 15) is 4.79 Å². The lowest BCUT2D eigenvalue weighted by atomic mass is 10.1. The molecule has 3 heterocycles. The van der Waals surface area contributed by atoms with E-state index in [-0.39, 0.29) is 42.6 Å². The van der Waals surface area contributed by atoms with E-state index in [4.69, 9.17) is 28.5 Å². The average molecular weight is 1060 g/mol. The van der Waals surface area contributed by atoms with Crippen LogP contribution in [0.5, 0.6) is 17.2 Å². The molecule has 392 valence electrons. The molecule has 0 saturated heterocycles. The topological polar surface area (TPSA) is 211 Å². The van der Waals surface area contributed by atoms with Gasteiger partial charge in [-0.3, -0.25) is 0 Å². The number of alkyl carbamates (subject to hydrolysis) is 1. The van der Waals surface area contributed by atoms with Crippen LogP contribution in [0.25, 0.3) is 11.4 Å². The van der Waals surface area contributed by atoms with Crippen LogP contribution in [0.4, 0.5) is 16.4 Å². The third-order valence-electron chi connectivity index (χ3n) is 12.8. The lowest BCUT2D eigenvalue weighted by Gasteiger charge is -2.39. The maximum atomic E-state index is 16.4. The highest BCUT2D eigenvalue weighted by Gasteiger charge is 2.43. The number of amides is 1. The Morgan fingerprint density at radius 3 is 1.88 bits per heavy atom. The second-order valence-corrected chi connectivity index (χ2v) is 29.0. The second-order valence-electron chi connectivity index (χ2n) is 20.3. The molecule has 2 aromatic heterocycles. The Hall–Kier alpha value is -6.33. The maximum Gasteiger partial charge on any atom is 0.407 e. The Morgan fingerprint density at radius 2 is 1.34 bits per heavy atom. The van der Waals surface area contributed by atoms with Crippen molar-refractivity contribution in [2.24, 2.45) is 0 Å². The fourth-order valence-corrected chi connectivity index (χ4v) is 13.4. The van der Waals surface area contributed by atoms with Crippen molar-refractivity contribution in [1.82, 2.24) is 39.4 Å². The number of imidazole rings is 1. The SMILES string of the molecule is COc1ccc(CN(Cc2ccc(OC)cc2)S(=O)(=O)c2c(S(=O)(=O)C[C@@H](CNC(=O)OC(C)(C)C)O[Si](C)(C)C(C)(C)C)ccc(N3CCCn4ccnc43)c2-c2nnn(Cc3ccc(OC)cc3)n2)cc1. The number of anilines is 2. The number of aromatic nitrogens is 6. The molecule has 1 aliphatic heterocycles. The van der Waals surface area contributed by atoms with Gasteiger partial charge in [0.05, 0.1) is 55.9 Å². The predicted octanol–water partition coefficient (Wildman–Crippen LogP) is 8.23. The van der Waals surface area contributed by atoms with Gasteiger partial charge in [-0.1, -0.05) is 57.2 Å². The Balaban J connectivity index is 1.48. The molecule has 1 N–H and O–H groups in total. The van der Waals surface area contributed by atoms with Crippen molar-refractivity contribution < 1.29 is 45.0 Å². The quantitative estimate of drug-likeness (QED) is 0.0714. The lowest BCUT2D eigenvalue weighted by Crippen LogP contribution is -2.49. The van der Waals surface area contributed by atoms with Crippen LogP contribution in [-0.4, -0.2) is 117 Å². The van der Waals surface area contributed by atoms with Crippen molar-refractivity contribution in [2.75, 3.05) is 45.1 Å². The number of nitrogens with one attached hydrogen (secondary N) is 1. The van der Waals surface area contributed by atoms with Crippen LogP contribution in [0, 0.1) is 0 Å². The summed E-state index contributed by atoms with van der Waals surface area (Å²) in [6.45, 7) is 15.7. The van der Waals surface area contributed by atoms with Gasteiger partial charge in [0.1, 0.15) is 27.7 Å². The number of hydrogen-bond acceptors (Lipinski definition) is 15. The van der Waals surface area contributed by atoms with E-state index in [1.165, 1.54) is 29.4 Å². The first-order valence-electron chi connectivity index (χ1n) is 23.9. The van der Waals surface area contributed by atoms with E-state index in [0.717, 1.165) is 5.56 Å². The van der Waals surface area contributed by atoms with Gasteiger partial charge in [0, 0.05) is 45.1 Å². The standard InChI is InChI=1S/C51H67N9O10S2Si/c1-50(2,3)69-49(61)53-31-42(70-73(10,11)51(4,5)6)35-71(62,63)44-26-25-43(59-29-12-28-57-30-27-52-48(57)59)45(47-54-56-60(55-47)34-38-17-23-41(68-9)24-18-38)46(44)72(64,65)58(32-36-13-19-39(66-7)20-14-36)33-37-15-21-40(67-8)22-16-37/h13-27,30,42H,12,28-29,31-35H2,1-11H3,(H,53,61)/t42-/m1/s1. The first-order valence-corrected chi connectivity index (χ1v) is 29.9. The minimum Gasteiger partial charge on any atom is -0.497 e. The zero-order chi connectivity index (χ0) is 52.9. The third-order valence-corrected chi connectivity index (χ3v) is 21.1. The highest BCUT2D eigenvalue weighted by Crippen LogP contribution is 2.45. The van der Waals surface area contributed by atoms with Gasteiger partial charge < -0.3 is 38.2 Å². The Kier molecular flexibility index (Phi) is 16.4. The molecule has 0 fully saturated rings. The number of nitrogens with zero attached hydrogens (tertiary/aromatic N) is 8. The number of methoxy groups -OCH3 is 3. The highest BCUT2D eigenvalue weighted by molar-refractivity contribution is 7.93. The number of ether oxygens (including phenoxy) is 4. The number of benzene rings is 4. The van der Waals surface area contributed by atoms with Crippen molar-refractivity contribution >= 4 is 45.9 Å².